The third-order valence-electron chi connectivity index (χ3n) is 1.72. The molecule has 13 heavy (non-hydrogen) atoms. The maximum Gasteiger partial charge on any atom is 0.339 e. The van der Waals surface area contributed by atoms with E-state index in [1.165, 1.54) is 10.9 Å². The monoisotopic (exact) mass is 179 g/mol. The number of rotatable bonds is 1. The van der Waals surface area contributed by atoms with Crippen molar-refractivity contribution in [2.24, 2.45) is 7.05 Å². The summed E-state index contributed by atoms with van der Waals surface area (Å²) in [5.74, 6) is 0.0492. The van der Waals surface area contributed by atoms with E-state index in [9.17, 15) is 10.4 Å². The summed E-state index contributed by atoms with van der Waals surface area (Å²) < 4.78 is 2.57. The maximum atomic E-state index is 11.1. The van der Waals surface area contributed by atoms with Gasteiger partial charge in [0.1, 0.15) is 11.8 Å². The highest BCUT2D eigenvalue weighted by molar-refractivity contribution is 5.49. The fourth-order valence-electron chi connectivity index (χ4n) is 1.15. The summed E-state index contributed by atoms with van der Waals surface area (Å²) in [7, 11) is 1.72. The first-order chi connectivity index (χ1) is 6.18. The van der Waals surface area contributed by atoms with Gasteiger partial charge in [-0.2, -0.15) is 5.10 Å². The van der Waals surface area contributed by atoms with Crippen LogP contribution in [0.5, 0.6) is 0 Å². The summed E-state index contributed by atoms with van der Waals surface area (Å²) in [6.07, 6.45) is 5.40. The maximum absolute atomic E-state index is 11.1. The Morgan fingerprint density at radius 2 is 2.38 bits per heavy atom. The Bertz CT molecular complexity index is 412. The molecule has 2 aromatic rings. The second kappa shape index (κ2) is 2.51. The van der Waals surface area contributed by atoms with Crippen molar-refractivity contribution >= 4 is 0 Å². The minimum Gasteiger partial charge on any atom is -0.710 e. The molecule has 2 heterocycles. The van der Waals surface area contributed by atoms with Gasteiger partial charge < -0.3 is 5.21 Å². The molecule has 0 aliphatic carbocycles. The molecule has 0 saturated heterocycles. The van der Waals surface area contributed by atoms with Gasteiger partial charge in [0.15, 0.2) is 6.20 Å². The highest BCUT2D eigenvalue weighted by Gasteiger charge is 2.18. The first-order valence-corrected chi connectivity index (χ1v) is 3.65. The van der Waals surface area contributed by atoms with Gasteiger partial charge in [-0.15, -0.1) is 0 Å². The Balaban J connectivity index is 2.57. The molecule has 0 amide bonds. The lowest BCUT2D eigenvalue weighted by Crippen LogP contribution is -2.26. The Labute approximate surface area is 73.8 Å². The molecule has 0 fully saturated rings. The van der Waals surface area contributed by atoms with Crippen LogP contribution in [-0.4, -0.2) is 14.5 Å². The third kappa shape index (κ3) is 1.12. The van der Waals surface area contributed by atoms with Crippen LogP contribution in [0.3, 0.4) is 0 Å². The number of hydrogen-bond acceptors (Lipinski definition) is 2. The predicted octanol–water partition coefficient (Wildman–Crippen LogP) is -0.284. The number of imidazole rings is 1. The minimum absolute atomic E-state index is 0.0492. The first-order valence-electron chi connectivity index (χ1n) is 3.65. The fourth-order valence-corrected chi connectivity index (χ4v) is 1.15. The molecular formula is C7H7N4O2. The number of hydrogen-bond donors (Lipinski definition) is 0. The van der Waals surface area contributed by atoms with Crippen molar-refractivity contribution in [1.29, 1.82) is 0 Å². The highest BCUT2D eigenvalue weighted by Crippen LogP contribution is 2.12. The van der Waals surface area contributed by atoms with E-state index < -0.39 is 0 Å². The number of nitrogens with zero attached hydrogens (tertiary/aromatic N) is 4. The standard InChI is InChI=1S/C7H7N4O2/c1-9-5-6(4-8-9)7-10(12)2-3-11(7)13/h2-5H,1H3. The predicted molar refractivity (Wildman–Crippen MR) is 41.7 cm³/mol. The molecule has 0 spiro atoms. The van der Waals surface area contributed by atoms with E-state index in [1.807, 2.05) is 0 Å². The van der Waals surface area contributed by atoms with E-state index in [2.05, 4.69) is 5.10 Å². The Hall–Kier alpha value is -1.98. The quantitative estimate of drug-likeness (QED) is 0.446. The van der Waals surface area contributed by atoms with Crippen LogP contribution in [0.25, 0.3) is 11.4 Å². The molecule has 0 unspecified atom stereocenters. The van der Waals surface area contributed by atoms with Gasteiger partial charge in [-0.05, 0) is 0 Å². The van der Waals surface area contributed by atoms with Crippen LogP contribution < -0.4 is 4.73 Å². The molecule has 0 aliphatic heterocycles. The first kappa shape index (κ1) is 7.66. The molecular weight excluding hydrogens is 172 g/mol. The SMILES string of the molecule is Cn1cc(-c2n([O])cc[n+]2[O-])cn1. The van der Waals surface area contributed by atoms with Gasteiger partial charge in [0.2, 0.25) is 0 Å². The molecule has 2 rings (SSSR count). The van der Waals surface area contributed by atoms with Crippen LogP contribution in [0.2, 0.25) is 0 Å². The van der Waals surface area contributed by atoms with Gasteiger partial charge in [0.25, 0.3) is 0 Å². The second-order valence-corrected chi connectivity index (χ2v) is 2.68. The normalized spacial score (nSPS) is 10.5. The molecule has 0 aromatic carbocycles. The van der Waals surface area contributed by atoms with E-state index >= 15 is 0 Å². The third-order valence-corrected chi connectivity index (χ3v) is 1.72. The summed E-state index contributed by atoms with van der Waals surface area (Å²) in [6, 6.07) is 0. The zero-order chi connectivity index (χ0) is 9.42. The van der Waals surface area contributed by atoms with E-state index in [-0.39, 0.29) is 5.82 Å². The summed E-state index contributed by atoms with van der Waals surface area (Å²) in [4.78, 5) is 0. The van der Waals surface area contributed by atoms with E-state index in [1.54, 1.807) is 13.2 Å². The van der Waals surface area contributed by atoms with E-state index in [4.69, 9.17) is 0 Å². The molecule has 0 bridgehead atoms. The smallest absolute Gasteiger partial charge is 0.339 e. The molecule has 6 nitrogen and oxygen atoms in total. The van der Waals surface area contributed by atoms with Crippen molar-refractivity contribution in [2.75, 3.05) is 0 Å². The summed E-state index contributed by atoms with van der Waals surface area (Å²) in [5.41, 5.74) is 0.512. The Morgan fingerprint density at radius 3 is 2.85 bits per heavy atom. The molecule has 2 aromatic heterocycles. The molecule has 0 saturated carbocycles. The van der Waals surface area contributed by atoms with Crippen molar-refractivity contribution < 1.29 is 9.94 Å². The van der Waals surface area contributed by atoms with Crippen LogP contribution in [-0.2, 0) is 12.3 Å². The van der Waals surface area contributed by atoms with Crippen LogP contribution in [0, 0.1) is 5.21 Å². The average Bonchev–Trinajstić information content (AvgIpc) is 2.60. The lowest BCUT2D eigenvalue weighted by atomic mass is 10.3. The van der Waals surface area contributed by atoms with Gasteiger partial charge in [-0.25, -0.2) is 4.73 Å². The summed E-state index contributed by atoms with van der Waals surface area (Å²) in [6.45, 7) is 0. The summed E-state index contributed by atoms with van der Waals surface area (Å²) in [5, 5.41) is 26.1. The van der Waals surface area contributed by atoms with Crippen molar-refractivity contribution in [3.05, 3.63) is 30.0 Å². The molecule has 67 valence electrons. The molecule has 6 heteroatoms. The fraction of sp³-hybridized carbons (Fsp3) is 0.143. The molecule has 0 atom stereocenters. The second-order valence-electron chi connectivity index (χ2n) is 2.68. The van der Waals surface area contributed by atoms with Gasteiger partial charge in [-0.3, -0.25) is 4.68 Å². The summed E-state index contributed by atoms with van der Waals surface area (Å²) >= 11 is 0. The van der Waals surface area contributed by atoms with E-state index in [0.29, 0.717) is 15.0 Å². The van der Waals surface area contributed by atoms with Crippen LogP contribution >= 0.6 is 0 Å². The van der Waals surface area contributed by atoms with Gasteiger partial charge in [0.05, 0.1) is 6.20 Å². The van der Waals surface area contributed by atoms with Crippen LogP contribution in [0.4, 0.5) is 0 Å². The average molecular weight is 179 g/mol. The lowest BCUT2D eigenvalue weighted by molar-refractivity contribution is -0.594. The zero-order valence-corrected chi connectivity index (χ0v) is 6.91. The van der Waals surface area contributed by atoms with Gasteiger partial charge in [-0.1, -0.05) is 5.21 Å². The van der Waals surface area contributed by atoms with Crippen molar-refractivity contribution in [1.82, 2.24) is 14.5 Å². The Kier molecular flexibility index (Phi) is 1.48. The largest absolute Gasteiger partial charge is 0.710 e. The van der Waals surface area contributed by atoms with Gasteiger partial charge >= 0.3 is 5.82 Å². The van der Waals surface area contributed by atoms with Gasteiger partial charge in [0, 0.05) is 18.0 Å². The van der Waals surface area contributed by atoms with Crippen molar-refractivity contribution in [3.63, 3.8) is 0 Å². The zero-order valence-electron chi connectivity index (χ0n) is 6.91. The number of aryl methyl sites for hydroxylation is 1. The van der Waals surface area contributed by atoms with Crippen LogP contribution in [0.1, 0.15) is 0 Å². The highest BCUT2D eigenvalue weighted by atomic mass is 16.5. The molecule has 0 aliphatic rings. The minimum atomic E-state index is 0.0492. The Morgan fingerprint density at radius 1 is 1.62 bits per heavy atom. The number of aromatic nitrogens is 4. The van der Waals surface area contributed by atoms with Crippen molar-refractivity contribution in [2.45, 2.75) is 0 Å². The molecule has 0 N–H and O–H groups in total. The topological polar surface area (TPSA) is 69.6 Å². The molecule has 1 radical (unpaired) electrons. The lowest BCUT2D eigenvalue weighted by Gasteiger charge is -1.97. The van der Waals surface area contributed by atoms with Crippen molar-refractivity contribution in [3.8, 4) is 11.4 Å². The van der Waals surface area contributed by atoms with Crippen LogP contribution in [0.15, 0.2) is 24.8 Å². The van der Waals surface area contributed by atoms with E-state index in [0.717, 1.165) is 12.4 Å².